The second-order valence-electron chi connectivity index (χ2n) is 5.37. The van der Waals surface area contributed by atoms with Crippen molar-refractivity contribution in [1.29, 1.82) is 0 Å². The summed E-state index contributed by atoms with van der Waals surface area (Å²) in [7, 11) is 0. The van der Waals surface area contributed by atoms with E-state index in [9.17, 15) is 4.79 Å². The third kappa shape index (κ3) is 4.72. The first-order valence-corrected chi connectivity index (χ1v) is 8.37. The topological polar surface area (TPSA) is 53.5 Å². The molecule has 0 spiro atoms. The van der Waals surface area contributed by atoms with Crippen molar-refractivity contribution in [1.82, 2.24) is 5.43 Å². The summed E-state index contributed by atoms with van der Waals surface area (Å²) in [6, 6.07) is 19.0. The van der Waals surface area contributed by atoms with E-state index in [1.807, 2.05) is 42.5 Å². The van der Waals surface area contributed by atoms with Crippen molar-refractivity contribution in [2.24, 2.45) is 5.10 Å². The summed E-state index contributed by atoms with van der Waals surface area (Å²) in [4.78, 5) is 11.9. The zero-order valence-electron chi connectivity index (χ0n) is 13.2. The molecule has 6 heteroatoms. The van der Waals surface area contributed by atoms with Gasteiger partial charge in [0, 0.05) is 16.3 Å². The predicted molar refractivity (Wildman–Crippen MR) is 105 cm³/mol. The number of fused-ring (bicyclic) bond motifs is 1. The highest BCUT2D eigenvalue weighted by Crippen LogP contribution is 2.19. The van der Waals surface area contributed by atoms with Gasteiger partial charge in [0.1, 0.15) is 0 Å². The Balaban J connectivity index is 1.54. The quantitative estimate of drug-likeness (QED) is 0.504. The number of anilines is 1. The second-order valence-corrected chi connectivity index (χ2v) is 6.22. The zero-order valence-corrected chi connectivity index (χ0v) is 14.7. The van der Waals surface area contributed by atoms with E-state index in [0.29, 0.717) is 15.6 Å². The van der Waals surface area contributed by atoms with Gasteiger partial charge in [0.15, 0.2) is 0 Å². The van der Waals surface area contributed by atoms with Gasteiger partial charge in [0.2, 0.25) is 0 Å². The van der Waals surface area contributed by atoms with E-state index in [0.717, 1.165) is 16.5 Å². The van der Waals surface area contributed by atoms with Gasteiger partial charge in [-0.15, -0.1) is 0 Å². The lowest BCUT2D eigenvalue weighted by molar-refractivity contribution is -0.119. The predicted octanol–water partition coefficient (Wildman–Crippen LogP) is 4.71. The SMILES string of the molecule is O=C(CNc1ccc2ccccc2c1)N/N=C/c1ccc(Cl)cc1Cl. The number of benzene rings is 3. The number of rotatable bonds is 5. The molecule has 0 heterocycles. The minimum Gasteiger partial charge on any atom is -0.376 e. The molecule has 0 aliphatic heterocycles. The van der Waals surface area contributed by atoms with Crippen LogP contribution in [0, 0.1) is 0 Å². The summed E-state index contributed by atoms with van der Waals surface area (Å²) in [6.45, 7) is 0.115. The van der Waals surface area contributed by atoms with E-state index in [2.05, 4.69) is 15.8 Å². The lowest BCUT2D eigenvalue weighted by Gasteiger charge is -2.06. The fourth-order valence-electron chi connectivity index (χ4n) is 2.30. The molecule has 4 nitrogen and oxygen atoms in total. The van der Waals surface area contributed by atoms with Crippen LogP contribution < -0.4 is 10.7 Å². The van der Waals surface area contributed by atoms with Gasteiger partial charge in [-0.1, -0.05) is 59.6 Å². The molecule has 0 bridgehead atoms. The Morgan fingerprint density at radius 1 is 1.00 bits per heavy atom. The highest BCUT2D eigenvalue weighted by Gasteiger charge is 2.02. The highest BCUT2D eigenvalue weighted by atomic mass is 35.5. The number of halogens is 2. The molecule has 0 saturated heterocycles. The molecular weight excluding hydrogens is 357 g/mol. The summed E-state index contributed by atoms with van der Waals surface area (Å²) in [5, 5.41) is 10.3. The Labute approximate surface area is 155 Å². The number of hydrogen-bond acceptors (Lipinski definition) is 3. The van der Waals surface area contributed by atoms with Gasteiger partial charge in [-0.25, -0.2) is 5.43 Å². The molecular formula is C19H15Cl2N3O. The first kappa shape index (κ1) is 17.3. The van der Waals surface area contributed by atoms with Gasteiger partial charge >= 0.3 is 0 Å². The van der Waals surface area contributed by atoms with E-state index in [-0.39, 0.29) is 12.5 Å². The molecule has 1 amide bonds. The zero-order chi connectivity index (χ0) is 17.6. The summed E-state index contributed by atoms with van der Waals surface area (Å²) in [5.41, 5.74) is 4.01. The van der Waals surface area contributed by atoms with Crippen LogP contribution in [0.25, 0.3) is 10.8 Å². The van der Waals surface area contributed by atoms with Gasteiger partial charge < -0.3 is 5.32 Å². The van der Waals surface area contributed by atoms with Gasteiger partial charge in [0.05, 0.1) is 17.8 Å². The lowest BCUT2D eigenvalue weighted by Crippen LogP contribution is -2.25. The molecule has 126 valence electrons. The summed E-state index contributed by atoms with van der Waals surface area (Å²) in [6.07, 6.45) is 1.48. The minimum absolute atomic E-state index is 0.115. The van der Waals surface area contributed by atoms with Gasteiger partial charge in [-0.2, -0.15) is 5.10 Å². The smallest absolute Gasteiger partial charge is 0.259 e. The standard InChI is InChI=1S/C19H15Cl2N3O/c20-16-7-5-15(18(21)10-16)11-23-24-19(25)12-22-17-8-6-13-3-1-2-4-14(13)9-17/h1-11,22H,12H2,(H,24,25)/b23-11+. The van der Waals surface area contributed by atoms with Crippen LogP contribution >= 0.6 is 23.2 Å². The first-order chi connectivity index (χ1) is 12.1. The highest BCUT2D eigenvalue weighted by molar-refractivity contribution is 6.36. The van der Waals surface area contributed by atoms with Crippen LogP contribution in [0.5, 0.6) is 0 Å². The third-order valence-corrected chi connectivity index (χ3v) is 4.12. The minimum atomic E-state index is -0.255. The van der Waals surface area contributed by atoms with Crippen molar-refractivity contribution >= 4 is 51.8 Å². The van der Waals surface area contributed by atoms with E-state index >= 15 is 0 Å². The summed E-state index contributed by atoms with van der Waals surface area (Å²) in [5.74, 6) is -0.255. The van der Waals surface area contributed by atoms with E-state index in [1.54, 1.807) is 18.2 Å². The number of carbonyl (C=O) groups is 1. The van der Waals surface area contributed by atoms with Crippen LogP contribution in [0.2, 0.25) is 10.0 Å². The van der Waals surface area contributed by atoms with Crippen LogP contribution in [0.3, 0.4) is 0 Å². The molecule has 0 aliphatic carbocycles. The normalized spacial score (nSPS) is 11.0. The van der Waals surface area contributed by atoms with Crippen molar-refractivity contribution in [3.8, 4) is 0 Å². The van der Waals surface area contributed by atoms with Gasteiger partial charge in [0.25, 0.3) is 5.91 Å². The Morgan fingerprint density at radius 2 is 1.80 bits per heavy atom. The monoisotopic (exact) mass is 371 g/mol. The van der Waals surface area contributed by atoms with Crippen molar-refractivity contribution < 1.29 is 4.79 Å². The second kappa shape index (κ2) is 8.01. The molecule has 0 unspecified atom stereocenters. The fraction of sp³-hybridized carbons (Fsp3) is 0.0526. The van der Waals surface area contributed by atoms with E-state index in [4.69, 9.17) is 23.2 Å². The summed E-state index contributed by atoms with van der Waals surface area (Å²) >= 11 is 11.9. The Kier molecular flexibility index (Phi) is 5.53. The number of hydrazone groups is 1. The van der Waals surface area contributed by atoms with Crippen molar-refractivity contribution in [2.75, 3.05) is 11.9 Å². The Morgan fingerprint density at radius 3 is 2.60 bits per heavy atom. The molecule has 3 aromatic carbocycles. The molecule has 0 radical (unpaired) electrons. The van der Waals surface area contributed by atoms with Crippen molar-refractivity contribution in [3.05, 3.63) is 76.3 Å². The van der Waals surface area contributed by atoms with Crippen LogP contribution in [0.15, 0.2) is 65.8 Å². The maximum atomic E-state index is 11.9. The van der Waals surface area contributed by atoms with Crippen LogP contribution in [-0.4, -0.2) is 18.7 Å². The van der Waals surface area contributed by atoms with E-state index in [1.165, 1.54) is 6.21 Å². The molecule has 0 atom stereocenters. The number of carbonyl (C=O) groups excluding carboxylic acids is 1. The molecule has 0 saturated carbocycles. The maximum Gasteiger partial charge on any atom is 0.259 e. The summed E-state index contributed by atoms with van der Waals surface area (Å²) < 4.78 is 0. The number of nitrogens with zero attached hydrogens (tertiary/aromatic N) is 1. The molecule has 3 rings (SSSR count). The molecule has 25 heavy (non-hydrogen) atoms. The maximum absolute atomic E-state index is 11.9. The van der Waals surface area contributed by atoms with Crippen LogP contribution in [0.4, 0.5) is 5.69 Å². The van der Waals surface area contributed by atoms with Crippen molar-refractivity contribution in [2.45, 2.75) is 0 Å². The van der Waals surface area contributed by atoms with E-state index < -0.39 is 0 Å². The number of nitrogens with one attached hydrogen (secondary N) is 2. The first-order valence-electron chi connectivity index (χ1n) is 7.61. The Hall–Kier alpha value is -2.56. The number of hydrogen-bond donors (Lipinski definition) is 2. The lowest BCUT2D eigenvalue weighted by atomic mass is 10.1. The van der Waals surface area contributed by atoms with Crippen molar-refractivity contribution in [3.63, 3.8) is 0 Å². The molecule has 0 fully saturated rings. The molecule has 0 aromatic heterocycles. The molecule has 3 aromatic rings. The Bertz CT molecular complexity index is 941. The molecule has 2 N–H and O–H groups in total. The van der Waals surface area contributed by atoms with Crippen LogP contribution in [0.1, 0.15) is 5.56 Å². The molecule has 0 aliphatic rings. The average Bonchev–Trinajstić information content (AvgIpc) is 2.61. The number of amides is 1. The van der Waals surface area contributed by atoms with Gasteiger partial charge in [-0.05, 0) is 35.0 Å². The van der Waals surface area contributed by atoms with Gasteiger partial charge in [-0.3, -0.25) is 4.79 Å². The largest absolute Gasteiger partial charge is 0.376 e. The van der Waals surface area contributed by atoms with Crippen LogP contribution in [-0.2, 0) is 4.79 Å². The third-order valence-electron chi connectivity index (χ3n) is 3.56. The average molecular weight is 372 g/mol. The fourth-order valence-corrected chi connectivity index (χ4v) is 2.76.